The molecule has 0 saturated carbocycles. The van der Waals surface area contributed by atoms with E-state index in [0.29, 0.717) is 24.4 Å². The van der Waals surface area contributed by atoms with Crippen molar-refractivity contribution in [1.82, 2.24) is 4.98 Å². The molecule has 1 atom stereocenters. The summed E-state index contributed by atoms with van der Waals surface area (Å²) in [5, 5.41) is 3.35. The minimum Gasteiger partial charge on any atom is -0.493 e. The molecule has 2 aromatic carbocycles. The molecule has 1 N–H and O–H groups in total. The van der Waals surface area contributed by atoms with Crippen molar-refractivity contribution in [3.05, 3.63) is 77.6 Å². The van der Waals surface area contributed by atoms with E-state index in [0.717, 1.165) is 34.8 Å². The molecule has 0 unspecified atom stereocenters. The summed E-state index contributed by atoms with van der Waals surface area (Å²) in [6.07, 6.45) is 4.11. The first-order valence-electron chi connectivity index (χ1n) is 9.92. The van der Waals surface area contributed by atoms with E-state index in [4.69, 9.17) is 14.2 Å². The van der Waals surface area contributed by atoms with Gasteiger partial charge in [-0.25, -0.2) is 4.79 Å². The van der Waals surface area contributed by atoms with E-state index >= 15 is 0 Å². The van der Waals surface area contributed by atoms with Gasteiger partial charge >= 0.3 is 5.97 Å². The lowest BCUT2D eigenvalue weighted by Crippen LogP contribution is -2.21. The average molecular weight is 404 g/mol. The Hall–Kier alpha value is -3.54. The number of esters is 1. The van der Waals surface area contributed by atoms with E-state index < -0.39 is 0 Å². The molecular formula is C24H24N2O4. The van der Waals surface area contributed by atoms with Gasteiger partial charge in [0.25, 0.3) is 0 Å². The van der Waals surface area contributed by atoms with Crippen LogP contribution in [0.15, 0.2) is 60.9 Å². The van der Waals surface area contributed by atoms with E-state index in [2.05, 4.69) is 16.4 Å². The van der Waals surface area contributed by atoms with Crippen LogP contribution in [0.4, 0.5) is 5.69 Å². The molecule has 0 aliphatic carbocycles. The van der Waals surface area contributed by atoms with Gasteiger partial charge in [0.05, 0.1) is 31.2 Å². The zero-order chi connectivity index (χ0) is 20.9. The predicted molar refractivity (Wildman–Crippen MR) is 115 cm³/mol. The van der Waals surface area contributed by atoms with E-state index in [9.17, 15) is 4.79 Å². The topological polar surface area (TPSA) is 69.7 Å². The van der Waals surface area contributed by atoms with Gasteiger partial charge in [0, 0.05) is 24.7 Å². The van der Waals surface area contributed by atoms with Crippen molar-refractivity contribution in [2.45, 2.75) is 19.3 Å². The van der Waals surface area contributed by atoms with Gasteiger partial charge in [-0.1, -0.05) is 24.3 Å². The number of methoxy groups -OCH3 is 1. The Bertz CT molecular complexity index is 1050. The maximum Gasteiger partial charge on any atom is 0.340 e. The molecule has 1 aromatic heterocycles. The van der Waals surface area contributed by atoms with Crippen molar-refractivity contribution in [1.29, 1.82) is 0 Å². The van der Waals surface area contributed by atoms with E-state index in [1.807, 2.05) is 43.3 Å². The van der Waals surface area contributed by atoms with Crippen LogP contribution in [0.1, 0.15) is 33.8 Å². The van der Waals surface area contributed by atoms with Crippen LogP contribution in [0.2, 0.25) is 0 Å². The Balaban J connectivity index is 1.50. The first-order valence-corrected chi connectivity index (χ1v) is 9.92. The number of aryl methyl sites for hydroxylation is 1. The van der Waals surface area contributed by atoms with E-state index in [1.165, 1.54) is 7.11 Å². The van der Waals surface area contributed by atoms with Crippen LogP contribution >= 0.6 is 0 Å². The number of hydrogen-bond acceptors (Lipinski definition) is 6. The molecule has 3 aromatic rings. The fourth-order valence-corrected chi connectivity index (χ4v) is 3.57. The Morgan fingerprint density at radius 3 is 2.93 bits per heavy atom. The summed E-state index contributed by atoms with van der Waals surface area (Å²) in [5.41, 5.74) is 3.34. The van der Waals surface area contributed by atoms with Crippen LogP contribution in [0.5, 0.6) is 17.2 Å². The zero-order valence-electron chi connectivity index (χ0n) is 17.1. The number of carbonyl (C=O) groups excluding carboxylic acids is 1. The second-order valence-corrected chi connectivity index (χ2v) is 7.19. The van der Waals surface area contributed by atoms with Crippen LogP contribution in [-0.4, -0.2) is 31.2 Å². The van der Waals surface area contributed by atoms with Crippen molar-refractivity contribution in [3.63, 3.8) is 0 Å². The third-order valence-electron chi connectivity index (χ3n) is 5.24. The van der Waals surface area contributed by atoms with Gasteiger partial charge in [-0.15, -0.1) is 0 Å². The quantitative estimate of drug-likeness (QED) is 0.587. The number of rotatable bonds is 6. The maximum atomic E-state index is 12.0. The monoisotopic (exact) mass is 404 g/mol. The van der Waals surface area contributed by atoms with Crippen LogP contribution in [0.3, 0.4) is 0 Å². The highest BCUT2D eigenvalue weighted by Crippen LogP contribution is 2.38. The first kappa shape index (κ1) is 19.8. The summed E-state index contributed by atoms with van der Waals surface area (Å²) in [6, 6.07) is 15.5. The highest BCUT2D eigenvalue weighted by molar-refractivity contribution is 5.95. The molecule has 0 spiro atoms. The molecule has 0 fully saturated rings. The number of para-hydroxylation sites is 1. The summed E-state index contributed by atoms with van der Waals surface area (Å²) >= 11 is 0. The van der Waals surface area contributed by atoms with Crippen molar-refractivity contribution in [2.24, 2.45) is 0 Å². The van der Waals surface area contributed by atoms with Crippen LogP contribution < -0.4 is 14.8 Å². The number of ether oxygens (including phenoxy) is 3. The van der Waals surface area contributed by atoms with Gasteiger partial charge in [-0.3, -0.25) is 4.98 Å². The van der Waals surface area contributed by atoms with Gasteiger partial charge < -0.3 is 19.5 Å². The maximum absolute atomic E-state index is 12.0. The minimum absolute atomic E-state index is 0.243. The van der Waals surface area contributed by atoms with Gasteiger partial charge in [0.2, 0.25) is 0 Å². The highest BCUT2D eigenvalue weighted by Gasteiger charge is 2.23. The highest BCUT2D eigenvalue weighted by atomic mass is 16.5. The van der Waals surface area contributed by atoms with Gasteiger partial charge in [0.15, 0.2) is 0 Å². The molecule has 2 heterocycles. The summed E-state index contributed by atoms with van der Waals surface area (Å²) in [4.78, 5) is 16.1. The molecule has 0 saturated heterocycles. The molecule has 0 amide bonds. The Labute approximate surface area is 175 Å². The standard InChI is InChI=1S/C24H24N2O4/c1-16-5-3-4-6-22(16)30-18-7-8-19-17(10-12-29-23(19)13-18)14-26-21-15-25-11-9-20(21)24(27)28-2/h3-9,11,13,15,17,26H,10,12,14H2,1-2H3/t17-/m0/s1. The Morgan fingerprint density at radius 2 is 2.10 bits per heavy atom. The number of fused-ring (bicyclic) bond motifs is 1. The smallest absolute Gasteiger partial charge is 0.340 e. The predicted octanol–water partition coefficient (Wildman–Crippen LogP) is 4.95. The number of anilines is 1. The normalized spacial score (nSPS) is 14.9. The van der Waals surface area contributed by atoms with Crippen molar-refractivity contribution >= 4 is 11.7 Å². The molecule has 1 aliphatic heterocycles. The van der Waals surface area contributed by atoms with E-state index in [-0.39, 0.29) is 11.9 Å². The second-order valence-electron chi connectivity index (χ2n) is 7.19. The molecule has 1 aliphatic rings. The summed E-state index contributed by atoms with van der Waals surface area (Å²) < 4.78 is 16.8. The first-order chi connectivity index (χ1) is 14.7. The lowest BCUT2D eigenvalue weighted by molar-refractivity contribution is 0.0601. The summed E-state index contributed by atoms with van der Waals surface area (Å²) in [5.74, 6) is 2.27. The third kappa shape index (κ3) is 4.22. The number of carbonyl (C=O) groups is 1. The zero-order valence-corrected chi connectivity index (χ0v) is 17.1. The number of benzene rings is 2. The number of nitrogens with zero attached hydrogens (tertiary/aromatic N) is 1. The van der Waals surface area contributed by atoms with Crippen LogP contribution in [0.25, 0.3) is 0 Å². The number of hydrogen-bond donors (Lipinski definition) is 1. The molecule has 30 heavy (non-hydrogen) atoms. The van der Waals surface area contributed by atoms with E-state index in [1.54, 1.807) is 18.5 Å². The molecule has 6 heteroatoms. The van der Waals surface area contributed by atoms with Crippen LogP contribution in [0, 0.1) is 6.92 Å². The molecule has 0 radical (unpaired) electrons. The minimum atomic E-state index is -0.384. The number of nitrogens with one attached hydrogen (secondary N) is 1. The molecule has 0 bridgehead atoms. The van der Waals surface area contributed by atoms with Gasteiger partial charge in [-0.05, 0) is 42.7 Å². The van der Waals surface area contributed by atoms with Crippen molar-refractivity contribution in [3.8, 4) is 17.2 Å². The fourth-order valence-electron chi connectivity index (χ4n) is 3.57. The SMILES string of the molecule is COC(=O)c1ccncc1NC[C@@H]1CCOc2cc(Oc3ccccc3C)ccc21. The summed E-state index contributed by atoms with van der Waals surface area (Å²) in [7, 11) is 1.37. The lowest BCUT2D eigenvalue weighted by atomic mass is 9.93. The lowest BCUT2D eigenvalue weighted by Gasteiger charge is -2.27. The van der Waals surface area contributed by atoms with Gasteiger partial charge in [-0.2, -0.15) is 0 Å². The second kappa shape index (κ2) is 8.86. The molecule has 6 nitrogen and oxygen atoms in total. The average Bonchev–Trinajstić information content (AvgIpc) is 2.78. The molecular weight excluding hydrogens is 380 g/mol. The Morgan fingerprint density at radius 1 is 1.23 bits per heavy atom. The third-order valence-corrected chi connectivity index (χ3v) is 5.24. The fraction of sp³-hybridized carbons (Fsp3) is 0.250. The largest absolute Gasteiger partial charge is 0.493 e. The Kier molecular flexibility index (Phi) is 5.84. The molecule has 4 rings (SSSR count). The van der Waals surface area contributed by atoms with Crippen LogP contribution in [-0.2, 0) is 4.74 Å². The van der Waals surface area contributed by atoms with Crippen molar-refractivity contribution in [2.75, 3.05) is 25.6 Å². The molecule has 154 valence electrons. The van der Waals surface area contributed by atoms with Crippen molar-refractivity contribution < 1.29 is 19.0 Å². The summed E-state index contributed by atoms with van der Waals surface area (Å²) in [6.45, 7) is 3.31. The number of aromatic nitrogens is 1. The number of pyridine rings is 1. The van der Waals surface area contributed by atoms with Gasteiger partial charge in [0.1, 0.15) is 17.2 Å².